The fourth-order valence-corrected chi connectivity index (χ4v) is 3.28. The van der Waals surface area contributed by atoms with Crippen LogP contribution in [-0.4, -0.2) is 37.9 Å². The van der Waals surface area contributed by atoms with E-state index in [2.05, 4.69) is 30.6 Å². The molecule has 3 aromatic rings. The largest absolute Gasteiger partial charge is 0.351 e. The highest BCUT2D eigenvalue weighted by Gasteiger charge is 2.26. The van der Waals surface area contributed by atoms with Crippen molar-refractivity contribution in [2.45, 2.75) is 31.3 Å². The second-order valence-electron chi connectivity index (χ2n) is 6.55. The average molecular weight is 360 g/mol. The van der Waals surface area contributed by atoms with Crippen molar-refractivity contribution in [2.75, 3.05) is 5.32 Å². The summed E-state index contributed by atoms with van der Waals surface area (Å²) in [6.45, 7) is 0. The van der Waals surface area contributed by atoms with Crippen molar-refractivity contribution in [3.05, 3.63) is 66.7 Å². The van der Waals surface area contributed by atoms with Gasteiger partial charge in [-0.05, 0) is 49.6 Å². The van der Waals surface area contributed by atoms with Crippen molar-refractivity contribution in [1.82, 2.24) is 25.3 Å². The quantitative estimate of drug-likeness (QED) is 0.727. The molecule has 0 saturated heterocycles. The third-order valence-corrected chi connectivity index (χ3v) is 4.61. The van der Waals surface area contributed by atoms with E-state index >= 15 is 0 Å². The maximum absolute atomic E-state index is 12.3. The van der Waals surface area contributed by atoms with Crippen LogP contribution in [0.15, 0.2) is 61.2 Å². The lowest BCUT2D eigenvalue weighted by atomic mass is 10.2. The van der Waals surface area contributed by atoms with Gasteiger partial charge < -0.3 is 10.6 Å². The molecule has 3 heterocycles. The fraction of sp³-hybridized carbons (Fsp3) is 0.250. The Labute approximate surface area is 157 Å². The van der Waals surface area contributed by atoms with Crippen molar-refractivity contribution >= 4 is 11.9 Å². The van der Waals surface area contributed by atoms with Crippen molar-refractivity contribution in [1.29, 1.82) is 0 Å². The van der Waals surface area contributed by atoms with Gasteiger partial charge in [0.05, 0.1) is 17.0 Å². The number of hydrogen-bond acceptors (Lipinski definition) is 6. The van der Waals surface area contributed by atoms with Gasteiger partial charge in [0.1, 0.15) is 0 Å². The number of nitrogens with zero attached hydrogens (tertiary/aromatic N) is 4. The molecule has 2 N–H and O–H groups in total. The van der Waals surface area contributed by atoms with E-state index in [1.54, 1.807) is 36.9 Å². The highest BCUT2D eigenvalue weighted by atomic mass is 16.1. The van der Waals surface area contributed by atoms with Crippen LogP contribution in [0.4, 0.5) is 5.95 Å². The van der Waals surface area contributed by atoms with Crippen molar-refractivity contribution < 1.29 is 4.79 Å². The molecule has 27 heavy (non-hydrogen) atoms. The molecule has 0 radical (unpaired) electrons. The molecular formula is C20H20N6O. The monoisotopic (exact) mass is 360 g/mol. The van der Waals surface area contributed by atoms with E-state index in [0.29, 0.717) is 11.5 Å². The molecule has 0 spiro atoms. The normalized spacial score (nSPS) is 18.8. The number of anilines is 1. The van der Waals surface area contributed by atoms with E-state index in [0.717, 1.165) is 30.7 Å². The molecule has 1 saturated carbocycles. The Morgan fingerprint density at radius 2 is 1.85 bits per heavy atom. The topological polar surface area (TPSA) is 92.7 Å². The molecule has 7 nitrogen and oxygen atoms in total. The van der Waals surface area contributed by atoms with Crippen LogP contribution in [0.2, 0.25) is 0 Å². The predicted molar refractivity (Wildman–Crippen MR) is 102 cm³/mol. The van der Waals surface area contributed by atoms with E-state index in [9.17, 15) is 4.79 Å². The van der Waals surface area contributed by atoms with Gasteiger partial charge in [0.25, 0.3) is 5.91 Å². The molecule has 0 aliphatic heterocycles. The molecule has 2 atom stereocenters. The summed E-state index contributed by atoms with van der Waals surface area (Å²) >= 11 is 0. The van der Waals surface area contributed by atoms with Gasteiger partial charge in [-0.15, -0.1) is 0 Å². The second kappa shape index (κ2) is 7.90. The van der Waals surface area contributed by atoms with Gasteiger partial charge in [-0.25, -0.2) is 9.97 Å². The van der Waals surface area contributed by atoms with Crippen molar-refractivity contribution in [2.24, 2.45) is 0 Å². The predicted octanol–water partition coefficient (Wildman–Crippen LogP) is 2.70. The minimum absolute atomic E-state index is 0.0813. The molecule has 3 aromatic heterocycles. The highest BCUT2D eigenvalue weighted by Crippen LogP contribution is 2.23. The Hall–Kier alpha value is -3.35. The van der Waals surface area contributed by atoms with Gasteiger partial charge in [-0.1, -0.05) is 6.07 Å². The van der Waals surface area contributed by atoms with Gasteiger partial charge in [0.2, 0.25) is 5.95 Å². The van der Waals surface area contributed by atoms with Crippen LogP contribution >= 0.6 is 0 Å². The number of hydrogen-bond donors (Lipinski definition) is 2. The van der Waals surface area contributed by atoms with Crippen LogP contribution < -0.4 is 10.6 Å². The van der Waals surface area contributed by atoms with E-state index in [4.69, 9.17) is 0 Å². The summed E-state index contributed by atoms with van der Waals surface area (Å²) in [6.07, 6.45) is 9.43. The number of rotatable bonds is 5. The SMILES string of the molecule is O=C(N[C@H]1CC[C@H](Nc2nccc(-c3ccccn3)n2)C1)c1cccnc1. The molecule has 1 amide bonds. The molecule has 136 valence electrons. The van der Waals surface area contributed by atoms with Gasteiger partial charge in [0, 0.05) is 36.9 Å². The van der Waals surface area contributed by atoms with Crippen LogP contribution in [0, 0.1) is 0 Å². The zero-order valence-electron chi connectivity index (χ0n) is 14.7. The maximum Gasteiger partial charge on any atom is 0.253 e. The molecule has 1 aliphatic rings. The van der Waals surface area contributed by atoms with Crippen LogP contribution in [0.3, 0.4) is 0 Å². The van der Waals surface area contributed by atoms with Crippen LogP contribution in [0.1, 0.15) is 29.6 Å². The molecule has 0 aromatic carbocycles. The summed E-state index contributed by atoms with van der Waals surface area (Å²) in [5, 5.41) is 6.46. The minimum atomic E-state index is -0.0813. The van der Waals surface area contributed by atoms with Gasteiger partial charge in [0.15, 0.2) is 0 Å². The summed E-state index contributed by atoms with van der Waals surface area (Å²) in [6, 6.07) is 11.5. The number of aromatic nitrogens is 4. The van der Waals surface area contributed by atoms with E-state index in [1.165, 1.54) is 0 Å². The lowest BCUT2D eigenvalue weighted by molar-refractivity contribution is 0.0937. The van der Waals surface area contributed by atoms with E-state index in [1.807, 2.05) is 24.3 Å². The lowest BCUT2D eigenvalue weighted by Crippen LogP contribution is -2.34. The smallest absolute Gasteiger partial charge is 0.253 e. The van der Waals surface area contributed by atoms with E-state index < -0.39 is 0 Å². The molecule has 1 aliphatic carbocycles. The maximum atomic E-state index is 12.3. The Bertz CT molecular complexity index is 903. The Morgan fingerprint density at radius 1 is 0.926 bits per heavy atom. The molecule has 0 bridgehead atoms. The lowest BCUT2D eigenvalue weighted by Gasteiger charge is -2.15. The van der Waals surface area contributed by atoms with Gasteiger partial charge in [-0.2, -0.15) is 0 Å². The number of nitrogens with one attached hydrogen (secondary N) is 2. The first-order chi connectivity index (χ1) is 13.3. The summed E-state index contributed by atoms with van der Waals surface area (Å²) in [4.78, 5) is 29.5. The average Bonchev–Trinajstić information content (AvgIpc) is 3.16. The first-order valence-corrected chi connectivity index (χ1v) is 9.00. The Morgan fingerprint density at radius 3 is 2.67 bits per heavy atom. The zero-order chi connectivity index (χ0) is 18.5. The zero-order valence-corrected chi connectivity index (χ0v) is 14.7. The van der Waals surface area contributed by atoms with Gasteiger partial charge in [-0.3, -0.25) is 14.8 Å². The summed E-state index contributed by atoms with van der Waals surface area (Å²) in [5.74, 6) is 0.504. The van der Waals surface area contributed by atoms with Gasteiger partial charge >= 0.3 is 0 Å². The van der Waals surface area contributed by atoms with Crippen molar-refractivity contribution in [3.63, 3.8) is 0 Å². The fourth-order valence-electron chi connectivity index (χ4n) is 3.28. The van der Waals surface area contributed by atoms with Crippen molar-refractivity contribution in [3.8, 4) is 11.4 Å². The molecule has 1 fully saturated rings. The standard InChI is InChI=1S/C20H20N6O/c27-19(14-4-3-9-21-13-14)24-15-6-7-16(12-15)25-20-23-11-8-18(26-20)17-5-1-2-10-22-17/h1-5,8-11,13,15-16H,6-7,12H2,(H,24,27)(H,23,25,26)/t15-,16-/m0/s1. The summed E-state index contributed by atoms with van der Waals surface area (Å²) < 4.78 is 0. The Balaban J connectivity index is 1.36. The first kappa shape index (κ1) is 17.1. The summed E-state index contributed by atoms with van der Waals surface area (Å²) in [7, 11) is 0. The number of carbonyl (C=O) groups excluding carboxylic acids is 1. The molecule has 0 unspecified atom stereocenters. The van der Waals surface area contributed by atoms with Crippen LogP contribution in [0.5, 0.6) is 0 Å². The first-order valence-electron chi connectivity index (χ1n) is 9.00. The summed E-state index contributed by atoms with van der Waals surface area (Å²) in [5.41, 5.74) is 2.18. The minimum Gasteiger partial charge on any atom is -0.351 e. The van der Waals surface area contributed by atoms with E-state index in [-0.39, 0.29) is 18.0 Å². The second-order valence-corrected chi connectivity index (χ2v) is 6.55. The molecule has 4 rings (SSSR count). The highest BCUT2D eigenvalue weighted by molar-refractivity contribution is 5.94. The number of pyridine rings is 2. The number of amides is 1. The third kappa shape index (κ3) is 4.25. The third-order valence-electron chi connectivity index (χ3n) is 4.61. The Kier molecular flexibility index (Phi) is 5.00. The number of carbonyl (C=O) groups is 1. The van der Waals surface area contributed by atoms with Crippen LogP contribution in [-0.2, 0) is 0 Å². The molecule has 7 heteroatoms. The van der Waals surface area contributed by atoms with Crippen LogP contribution in [0.25, 0.3) is 11.4 Å². The molecular weight excluding hydrogens is 340 g/mol.